The van der Waals surface area contributed by atoms with Gasteiger partial charge in [0, 0.05) is 0 Å². The molecule has 0 aliphatic heterocycles. The summed E-state index contributed by atoms with van der Waals surface area (Å²) in [6, 6.07) is 0. The van der Waals surface area contributed by atoms with Crippen molar-refractivity contribution in [1.82, 2.24) is 0 Å². The van der Waals surface area contributed by atoms with E-state index in [1.807, 2.05) is 0 Å². The van der Waals surface area contributed by atoms with Crippen molar-refractivity contribution in [3.05, 3.63) is 0 Å². The molecule has 27 heavy (non-hydrogen) atoms. The molecule has 0 unspecified atom stereocenters. The predicted octanol–water partition coefficient (Wildman–Crippen LogP) is 4.46. The quantitative estimate of drug-likeness (QED) is 0.149. The monoisotopic (exact) mass is 496 g/mol. The van der Waals surface area contributed by atoms with E-state index in [2.05, 4.69) is 51.3 Å². The summed E-state index contributed by atoms with van der Waals surface area (Å²) < 4.78 is 0. The van der Waals surface area contributed by atoms with Crippen LogP contribution in [0.2, 0.25) is 0 Å². The topological polar surface area (TPSA) is 121 Å². The third-order valence-corrected chi connectivity index (χ3v) is 2.91. The summed E-state index contributed by atoms with van der Waals surface area (Å²) in [5, 5.41) is 0. The summed E-state index contributed by atoms with van der Waals surface area (Å²) in [6.45, 7) is 1.41. The Kier molecular flexibility index (Phi) is 45.9. The van der Waals surface area contributed by atoms with E-state index in [1.54, 1.807) is 0 Å². The molecule has 0 fully saturated rings. The molecule has 6 nitrogen and oxygen atoms in total. The van der Waals surface area contributed by atoms with Gasteiger partial charge in [0.25, 0.3) is 0 Å². The molecular weight excluding hydrogens is 453 g/mol. The van der Waals surface area contributed by atoms with Gasteiger partial charge >= 0.3 is 64.8 Å². The van der Waals surface area contributed by atoms with Gasteiger partial charge < -0.3 is 29.4 Å². The molecular formula is C16H43KO6P2S2. The Labute approximate surface area is 220 Å². The second-order valence-electron chi connectivity index (χ2n) is 5.85. The summed E-state index contributed by atoms with van der Waals surface area (Å²) in [7, 11) is 0. The van der Waals surface area contributed by atoms with Crippen molar-refractivity contribution in [2.45, 2.75) is 105 Å². The molecule has 0 saturated carbocycles. The molecule has 0 aromatic heterocycles. The molecule has 11 heteroatoms. The third-order valence-electron chi connectivity index (χ3n) is 2.91. The molecule has 0 aromatic rings. The average Bonchev–Trinajstić information content (AvgIpc) is 2.46. The Morgan fingerprint density at radius 2 is 0.556 bits per heavy atom. The number of hydrogen-bond acceptors (Lipinski definition) is 2. The maximum absolute atomic E-state index is 7.56. The van der Waals surface area contributed by atoms with E-state index in [9.17, 15) is 0 Å². The zero-order chi connectivity index (χ0) is 21.5. The molecule has 0 atom stereocenters. The summed E-state index contributed by atoms with van der Waals surface area (Å²) >= 11 is 7.21. The fourth-order valence-electron chi connectivity index (χ4n) is 1.71. The molecule has 0 radical (unpaired) electrons. The molecule has 0 saturated heterocycles. The van der Waals surface area contributed by atoms with Crippen molar-refractivity contribution in [2.24, 2.45) is 0 Å². The van der Waals surface area contributed by atoms with Gasteiger partial charge in [0.1, 0.15) is 0 Å². The van der Waals surface area contributed by atoms with Crippen molar-refractivity contribution in [3.63, 3.8) is 0 Å². The van der Waals surface area contributed by atoms with Crippen molar-refractivity contribution >= 4 is 88.4 Å². The van der Waals surface area contributed by atoms with E-state index >= 15 is 0 Å². The number of hydrogen-bond donors (Lipinski definition) is 6. The minimum absolute atomic E-state index is 0. The third kappa shape index (κ3) is 127. The summed E-state index contributed by atoms with van der Waals surface area (Å²) in [5.41, 5.74) is 0. The molecule has 0 bridgehead atoms. The first-order chi connectivity index (χ1) is 11.8. The van der Waals surface area contributed by atoms with Gasteiger partial charge in [0.15, 0.2) is 0 Å². The van der Waals surface area contributed by atoms with Gasteiger partial charge in [0.05, 0.1) is 0 Å². The standard InChI is InChI=1S/2C8H18.K.2H3O3PS.H/c2*1-3-5-7-8-6-4-2;;2*1-4(2,3)5;/h2*3-8H2,1-2H3;;2*(H3,1,2,3,5);. The molecule has 0 rings (SSSR count). The zero-order valence-corrected chi connectivity index (χ0v) is 20.3. The van der Waals surface area contributed by atoms with Crippen LogP contribution in [-0.2, 0) is 23.6 Å². The van der Waals surface area contributed by atoms with Crippen LogP contribution in [0.4, 0.5) is 0 Å². The fraction of sp³-hybridized carbons (Fsp3) is 1.00. The molecule has 6 N–H and O–H groups in total. The van der Waals surface area contributed by atoms with E-state index in [1.165, 1.54) is 77.0 Å². The number of rotatable bonds is 10. The first-order valence-corrected chi connectivity index (χ1v) is 14.7. The van der Waals surface area contributed by atoms with Crippen LogP contribution in [0.25, 0.3) is 0 Å². The van der Waals surface area contributed by atoms with Gasteiger partial charge in [-0.15, -0.1) is 0 Å². The van der Waals surface area contributed by atoms with Crippen molar-refractivity contribution in [3.8, 4) is 0 Å². The van der Waals surface area contributed by atoms with Gasteiger partial charge in [-0.1, -0.05) is 105 Å². The molecule has 0 spiro atoms. The van der Waals surface area contributed by atoms with Crippen LogP contribution >= 0.6 is 13.4 Å². The molecule has 0 aliphatic carbocycles. The summed E-state index contributed by atoms with van der Waals surface area (Å²) in [4.78, 5) is 45.3. The van der Waals surface area contributed by atoms with Crippen LogP contribution in [0.3, 0.4) is 0 Å². The van der Waals surface area contributed by atoms with Crippen molar-refractivity contribution in [1.29, 1.82) is 0 Å². The van der Waals surface area contributed by atoms with E-state index in [0.717, 1.165) is 0 Å². The second kappa shape index (κ2) is 30.9. The average molecular weight is 497 g/mol. The van der Waals surface area contributed by atoms with Crippen LogP contribution in [0, 0.1) is 0 Å². The van der Waals surface area contributed by atoms with Gasteiger partial charge in [0.2, 0.25) is 0 Å². The SMILES string of the molecule is CCCCCCCC.CCCCCCCC.OP(O)(O)=S.OP(O)(O)=S.[KH]. The summed E-state index contributed by atoms with van der Waals surface area (Å²) in [6.07, 6.45) is 17.0. The van der Waals surface area contributed by atoms with E-state index in [-0.39, 0.29) is 51.4 Å². The zero-order valence-electron chi connectivity index (χ0n) is 16.9. The Morgan fingerprint density at radius 1 is 0.444 bits per heavy atom. The Balaban J connectivity index is -0.0000000807. The van der Waals surface area contributed by atoms with E-state index in [4.69, 9.17) is 29.4 Å². The molecule has 0 aliphatic rings. The molecule has 166 valence electrons. The second-order valence-corrected chi connectivity index (χ2v) is 10.8. The Bertz CT molecular complexity index is 280. The Hall–Kier alpha value is 2.70. The van der Waals surface area contributed by atoms with Crippen molar-refractivity contribution < 1.29 is 29.4 Å². The van der Waals surface area contributed by atoms with Crippen molar-refractivity contribution in [2.75, 3.05) is 0 Å². The minimum atomic E-state index is -3.81. The van der Waals surface area contributed by atoms with Crippen LogP contribution in [0.15, 0.2) is 0 Å². The number of unbranched alkanes of at least 4 members (excludes halogenated alkanes) is 10. The van der Waals surface area contributed by atoms with E-state index in [0.29, 0.717) is 0 Å². The first kappa shape index (κ1) is 40.1. The van der Waals surface area contributed by atoms with Gasteiger partial charge in [-0.3, -0.25) is 0 Å². The van der Waals surface area contributed by atoms with Crippen LogP contribution in [-0.4, -0.2) is 80.7 Å². The van der Waals surface area contributed by atoms with Gasteiger partial charge in [-0.25, -0.2) is 0 Å². The summed E-state index contributed by atoms with van der Waals surface area (Å²) in [5.74, 6) is 0. The van der Waals surface area contributed by atoms with Crippen LogP contribution in [0.1, 0.15) is 105 Å². The van der Waals surface area contributed by atoms with Gasteiger partial charge in [-0.05, 0) is 23.6 Å². The van der Waals surface area contributed by atoms with Gasteiger partial charge in [-0.2, -0.15) is 0 Å². The van der Waals surface area contributed by atoms with E-state index < -0.39 is 13.4 Å². The molecule has 0 aromatic carbocycles. The fourth-order valence-corrected chi connectivity index (χ4v) is 1.71. The Morgan fingerprint density at radius 3 is 0.630 bits per heavy atom. The molecule has 0 heterocycles. The van der Waals surface area contributed by atoms with Crippen LogP contribution in [0.5, 0.6) is 0 Å². The first-order valence-electron chi connectivity index (χ1n) is 9.39. The molecule has 0 amide bonds. The predicted molar refractivity (Wildman–Crippen MR) is 127 cm³/mol. The maximum atomic E-state index is 7.56. The van der Waals surface area contributed by atoms with Crippen LogP contribution < -0.4 is 0 Å². The normalized spacial score (nSPS) is 10.1.